The summed E-state index contributed by atoms with van der Waals surface area (Å²) in [5.41, 5.74) is 1.76. The largest absolute Gasteiger partial charge is 0.492 e. The zero-order valence-electron chi connectivity index (χ0n) is 20.4. The van der Waals surface area contributed by atoms with E-state index in [2.05, 4.69) is 27.7 Å². The second-order valence-corrected chi connectivity index (χ2v) is 13.2. The summed E-state index contributed by atoms with van der Waals surface area (Å²) >= 11 is 0. The first kappa shape index (κ1) is 26.2. The van der Waals surface area contributed by atoms with Gasteiger partial charge in [-0.15, -0.1) is 0 Å². The zero-order chi connectivity index (χ0) is 25.4. The molecule has 0 amide bonds. The third-order valence-corrected chi connectivity index (χ3v) is 8.00. The van der Waals surface area contributed by atoms with E-state index < -0.39 is 20.2 Å². The maximum absolute atomic E-state index is 11.4. The van der Waals surface area contributed by atoms with E-state index in [9.17, 15) is 16.8 Å². The summed E-state index contributed by atoms with van der Waals surface area (Å²) in [5.74, 6) is 2.23. The molecule has 188 valence electrons. The molecule has 2 aromatic carbocycles. The highest BCUT2D eigenvalue weighted by Gasteiger charge is 2.33. The molecule has 0 unspecified atom stereocenters. The maximum Gasteiger partial charge on any atom is 0.308 e. The lowest BCUT2D eigenvalue weighted by Crippen LogP contribution is -2.18. The van der Waals surface area contributed by atoms with Gasteiger partial charge >= 0.3 is 20.2 Å². The van der Waals surface area contributed by atoms with Crippen molar-refractivity contribution in [1.82, 2.24) is 0 Å². The SMILES string of the molecule is CCS(=O)(=O)Oc1ccc2c(c1)C(C)(C)CO2.CCS(=O)(=O)Oc1ccc2c(c1)C(C)(C)CO2. The smallest absolute Gasteiger partial charge is 0.308 e. The molecule has 4 rings (SSSR count). The molecule has 2 heterocycles. The average molecular weight is 513 g/mol. The monoisotopic (exact) mass is 512 g/mol. The van der Waals surface area contributed by atoms with Gasteiger partial charge in [-0.05, 0) is 50.2 Å². The fourth-order valence-corrected chi connectivity index (χ4v) is 4.54. The van der Waals surface area contributed by atoms with Crippen molar-refractivity contribution in [2.45, 2.75) is 52.4 Å². The van der Waals surface area contributed by atoms with Crippen LogP contribution in [0.5, 0.6) is 23.0 Å². The normalized spacial score (nSPS) is 17.4. The van der Waals surface area contributed by atoms with Crippen LogP contribution in [0.25, 0.3) is 0 Å². The van der Waals surface area contributed by atoms with E-state index in [1.165, 1.54) is 0 Å². The molecule has 0 saturated carbocycles. The first-order valence-electron chi connectivity index (χ1n) is 11.1. The lowest BCUT2D eigenvalue weighted by atomic mass is 9.87. The van der Waals surface area contributed by atoms with Crippen molar-refractivity contribution >= 4 is 20.2 Å². The molecule has 0 atom stereocenters. The number of fused-ring (bicyclic) bond motifs is 2. The van der Waals surface area contributed by atoms with Crippen molar-refractivity contribution in [3.8, 4) is 23.0 Å². The second-order valence-electron chi connectivity index (χ2n) is 9.52. The highest BCUT2D eigenvalue weighted by Crippen LogP contribution is 2.41. The Morgan fingerprint density at radius 1 is 0.706 bits per heavy atom. The Bertz CT molecular complexity index is 1160. The molecule has 0 bridgehead atoms. The Hall–Kier alpha value is -2.46. The van der Waals surface area contributed by atoms with Gasteiger partial charge in [-0.3, -0.25) is 0 Å². The van der Waals surface area contributed by atoms with E-state index in [1.54, 1.807) is 50.2 Å². The molecule has 2 aromatic rings. The molecule has 0 aromatic heterocycles. The lowest BCUT2D eigenvalue weighted by Gasteiger charge is -2.15. The fraction of sp³-hybridized carbons (Fsp3) is 0.500. The van der Waals surface area contributed by atoms with Crippen LogP contribution in [-0.4, -0.2) is 41.6 Å². The van der Waals surface area contributed by atoms with Crippen molar-refractivity contribution < 1.29 is 34.7 Å². The number of hydrogen-bond donors (Lipinski definition) is 0. The molecule has 0 radical (unpaired) electrons. The molecule has 10 heteroatoms. The number of ether oxygens (including phenoxy) is 2. The highest BCUT2D eigenvalue weighted by atomic mass is 32.2. The van der Waals surface area contributed by atoms with Crippen molar-refractivity contribution in [1.29, 1.82) is 0 Å². The van der Waals surface area contributed by atoms with Gasteiger partial charge in [-0.1, -0.05) is 27.7 Å². The van der Waals surface area contributed by atoms with E-state index in [0.29, 0.717) is 24.7 Å². The van der Waals surface area contributed by atoms with Crippen LogP contribution >= 0.6 is 0 Å². The Morgan fingerprint density at radius 3 is 1.38 bits per heavy atom. The van der Waals surface area contributed by atoms with Crippen LogP contribution in [0.3, 0.4) is 0 Å². The molecule has 0 N–H and O–H groups in total. The van der Waals surface area contributed by atoms with Crippen LogP contribution in [0, 0.1) is 0 Å². The van der Waals surface area contributed by atoms with Crippen LogP contribution in [0.4, 0.5) is 0 Å². The minimum atomic E-state index is -3.47. The van der Waals surface area contributed by atoms with E-state index in [0.717, 1.165) is 22.6 Å². The Labute approximate surface area is 202 Å². The zero-order valence-corrected chi connectivity index (χ0v) is 22.0. The van der Waals surface area contributed by atoms with E-state index in [1.807, 2.05) is 0 Å². The van der Waals surface area contributed by atoms with Gasteiger partial charge in [0, 0.05) is 22.0 Å². The molecular weight excluding hydrogens is 480 g/mol. The van der Waals surface area contributed by atoms with Gasteiger partial charge in [0.05, 0.1) is 24.7 Å². The first-order chi connectivity index (χ1) is 15.7. The summed E-state index contributed by atoms with van der Waals surface area (Å²) in [5, 5.41) is 0. The summed E-state index contributed by atoms with van der Waals surface area (Å²) in [6.45, 7) is 12.5. The summed E-state index contributed by atoms with van der Waals surface area (Å²) in [4.78, 5) is 0. The number of hydrogen-bond acceptors (Lipinski definition) is 8. The third-order valence-electron chi connectivity index (χ3n) is 5.69. The molecular formula is C24H32O8S2. The second kappa shape index (κ2) is 9.30. The van der Waals surface area contributed by atoms with Gasteiger partial charge in [0.25, 0.3) is 0 Å². The van der Waals surface area contributed by atoms with E-state index in [-0.39, 0.29) is 22.3 Å². The molecule has 0 fully saturated rings. The molecule has 34 heavy (non-hydrogen) atoms. The maximum atomic E-state index is 11.4. The molecule has 0 aliphatic carbocycles. The van der Waals surface area contributed by atoms with E-state index in [4.69, 9.17) is 17.8 Å². The van der Waals surface area contributed by atoms with Gasteiger partial charge in [0.1, 0.15) is 23.0 Å². The van der Waals surface area contributed by atoms with Crippen molar-refractivity contribution in [2.24, 2.45) is 0 Å². The fourth-order valence-electron chi connectivity index (χ4n) is 3.51. The number of rotatable bonds is 6. The average Bonchev–Trinajstić information content (AvgIpc) is 3.23. The summed E-state index contributed by atoms with van der Waals surface area (Å²) in [7, 11) is -6.94. The van der Waals surface area contributed by atoms with Crippen LogP contribution in [0.1, 0.15) is 52.7 Å². The quantitative estimate of drug-likeness (QED) is 0.531. The molecule has 0 saturated heterocycles. The van der Waals surface area contributed by atoms with Crippen LogP contribution in [0.15, 0.2) is 36.4 Å². The van der Waals surface area contributed by atoms with Crippen LogP contribution in [-0.2, 0) is 31.1 Å². The lowest BCUT2D eigenvalue weighted by molar-refractivity contribution is 0.291. The first-order valence-corrected chi connectivity index (χ1v) is 14.2. The van der Waals surface area contributed by atoms with Crippen LogP contribution < -0.4 is 17.8 Å². The predicted octanol–water partition coefficient (Wildman–Crippen LogP) is 4.17. The summed E-state index contributed by atoms with van der Waals surface area (Å²) in [6, 6.07) is 10.2. The number of benzene rings is 2. The van der Waals surface area contributed by atoms with Gasteiger partial charge in [-0.2, -0.15) is 16.8 Å². The van der Waals surface area contributed by atoms with E-state index >= 15 is 0 Å². The standard InChI is InChI=1S/2C12H16O4S/c2*1-4-17(13,14)16-9-5-6-11-10(7-9)12(2,3)8-15-11/h2*5-7H,4,8H2,1-3H3. The van der Waals surface area contributed by atoms with Crippen molar-refractivity contribution in [2.75, 3.05) is 24.7 Å². The third kappa shape index (κ3) is 5.96. The minimum Gasteiger partial charge on any atom is -0.492 e. The molecule has 2 aliphatic rings. The van der Waals surface area contributed by atoms with Gasteiger partial charge < -0.3 is 17.8 Å². The Kier molecular flexibility index (Phi) is 7.15. The summed E-state index contributed by atoms with van der Waals surface area (Å²) in [6.07, 6.45) is 0. The Morgan fingerprint density at radius 2 is 1.06 bits per heavy atom. The predicted molar refractivity (Wildman–Crippen MR) is 130 cm³/mol. The van der Waals surface area contributed by atoms with Gasteiger partial charge in [0.2, 0.25) is 0 Å². The van der Waals surface area contributed by atoms with Crippen LogP contribution in [0.2, 0.25) is 0 Å². The highest BCUT2D eigenvalue weighted by molar-refractivity contribution is 7.87. The topological polar surface area (TPSA) is 105 Å². The summed E-state index contributed by atoms with van der Waals surface area (Å²) < 4.78 is 66.5. The minimum absolute atomic E-state index is 0.0377. The molecule has 8 nitrogen and oxygen atoms in total. The van der Waals surface area contributed by atoms with Gasteiger partial charge in [0.15, 0.2) is 0 Å². The molecule has 2 aliphatic heterocycles. The molecule has 0 spiro atoms. The van der Waals surface area contributed by atoms with Crippen molar-refractivity contribution in [3.05, 3.63) is 47.5 Å². The Balaban J connectivity index is 0.000000191. The van der Waals surface area contributed by atoms with Gasteiger partial charge in [-0.25, -0.2) is 0 Å². The van der Waals surface area contributed by atoms with Crippen molar-refractivity contribution in [3.63, 3.8) is 0 Å².